The van der Waals surface area contributed by atoms with Gasteiger partial charge in [0.05, 0.1) is 12.6 Å². The quantitative estimate of drug-likeness (QED) is 0.444. The molecule has 0 saturated heterocycles. The van der Waals surface area contributed by atoms with Crippen LogP contribution in [0.1, 0.15) is 60.3 Å². The summed E-state index contributed by atoms with van der Waals surface area (Å²) >= 11 is 0. The number of hydrogen-bond donors (Lipinski definition) is 2. The van der Waals surface area contributed by atoms with Crippen molar-refractivity contribution < 1.29 is 29.1 Å². The molecule has 0 aliphatic carbocycles. The van der Waals surface area contributed by atoms with Crippen LogP contribution < -0.4 is 15.7 Å². The zero-order valence-corrected chi connectivity index (χ0v) is 16.1. The molecule has 0 radical (unpaired) electrons. The Balaban J connectivity index is 4.69. The molecule has 8 nitrogen and oxygen atoms in total. The molecule has 0 rings (SSSR count). The highest BCUT2D eigenvalue weighted by atomic mass is 16.4. The number of ketones is 3. The first-order valence-electron chi connectivity index (χ1n) is 8.69. The minimum absolute atomic E-state index is 0.323. The van der Waals surface area contributed by atoms with Crippen LogP contribution in [-0.2, 0) is 24.0 Å². The summed E-state index contributed by atoms with van der Waals surface area (Å²) in [6.45, 7) is 8.29. The van der Waals surface area contributed by atoms with Gasteiger partial charge in [-0.2, -0.15) is 0 Å². The molecular weight excluding hydrogens is 340 g/mol. The van der Waals surface area contributed by atoms with E-state index >= 15 is 0 Å². The van der Waals surface area contributed by atoms with E-state index in [1.54, 1.807) is 0 Å². The van der Waals surface area contributed by atoms with E-state index in [0.29, 0.717) is 12.8 Å². The third-order valence-electron chi connectivity index (χ3n) is 3.63. The van der Waals surface area contributed by atoms with Gasteiger partial charge in [-0.05, 0) is 40.5 Å². The number of carboxylic acid groups (broad SMARTS) is 1. The molecule has 1 amide bonds. The highest BCUT2D eigenvalue weighted by molar-refractivity contribution is 6.38. The van der Waals surface area contributed by atoms with Crippen LogP contribution in [-0.4, -0.2) is 47.4 Å². The van der Waals surface area contributed by atoms with Gasteiger partial charge in [0, 0.05) is 23.8 Å². The maximum absolute atomic E-state index is 12.3. The standard InChI is InChI=1S/C18H30N2O6/c1-6-7-14(20-18(3,4)5)16(25)17(26)19-10-13(22)8-12(11(2)21)9-15(23)24/h12,14,20H,6-10H2,1-5H3,(H,19,26)(H,23,24)/p-1. The molecular formula is C18H29N2O6-. The number of carboxylic acids is 1. The predicted molar refractivity (Wildman–Crippen MR) is 93.0 cm³/mol. The summed E-state index contributed by atoms with van der Waals surface area (Å²) in [7, 11) is 0. The van der Waals surface area contributed by atoms with E-state index in [-0.39, 0.29) is 12.0 Å². The Labute approximate surface area is 154 Å². The van der Waals surface area contributed by atoms with Crippen LogP contribution in [0.4, 0.5) is 0 Å². The molecule has 0 heterocycles. The minimum Gasteiger partial charge on any atom is -0.550 e. The Kier molecular flexibility index (Phi) is 9.93. The van der Waals surface area contributed by atoms with Gasteiger partial charge in [0.1, 0.15) is 5.78 Å². The second-order valence-electron chi connectivity index (χ2n) is 7.41. The van der Waals surface area contributed by atoms with Crippen LogP contribution in [0.3, 0.4) is 0 Å². The first kappa shape index (κ1) is 23.9. The molecule has 0 aromatic heterocycles. The van der Waals surface area contributed by atoms with E-state index < -0.39 is 54.2 Å². The molecule has 0 bridgehead atoms. The molecule has 0 spiro atoms. The lowest BCUT2D eigenvalue weighted by atomic mass is 9.95. The summed E-state index contributed by atoms with van der Waals surface area (Å²) < 4.78 is 0. The minimum atomic E-state index is -1.42. The fourth-order valence-electron chi connectivity index (χ4n) is 2.41. The van der Waals surface area contributed by atoms with Gasteiger partial charge < -0.3 is 20.5 Å². The number of amides is 1. The number of Topliss-reactive ketones (excluding diaryl/α,β-unsaturated/α-hetero) is 3. The summed E-state index contributed by atoms with van der Waals surface area (Å²) in [6, 6.07) is -0.654. The molecule has 2 N–H and O–H groups in total. The number of aliphatic carboxylic acids is 1. The van der Waals surface area contributed by atoms with Crippen LogP contribution in [0.25, 0.3) is 0 Å². The first-order valence-corrected chi connectivity index (χ1v) is 8.69. The molecule has 0 fully saturated rings. The lowest BCUT2D eigenvalue weighted by molar-refractivity contribution is -0.306. The summed E-state index contributed by atoms with van der Waals surface area (Å²) in [5, 5.41) is 15.9. The van der Waals surface area contributed by atoms with Crippen molar-refractivity contribution in [3.05, 3.63) is 0 Å². The molecule has 2 unspecified atom stereocenters. The molecule has 0 aromatic carbocycles. The number of hydrogen-bond acceptors (Lipinski definition) is 7. The van der Waals surface area contributed by atoms with E-state index in [1.165, 1.54) is 6.92 Å². The van der Waals surface area contributed by atoms with Gasteiger partial charge in [-0.1, -0.05) is 13.3 Å². The molecule has 148 valence electrons. The van der Waals surface area contributed by atoms with Gasteiger partial charge in [0.15, 0.2) is 5.78 Å². The van der Waals surface area contributed by atoms with Crippen molar-refractivity contribution in [1.82, 2.24) is 10.6 Å². The molecule has 26 heavy (non-hydrogen) atoms. The van der Waals surface area contributed by atoms with Crippen molar-refractivity contribution in [2.75, 3.05) is 6.54 Å². The second kappa shape index (κ2) is 10.8. The highest BCUT2D eigenvalue weighted by Gasteiger charge is 2.28. The predicted octanol–water partition coefficient (Wildman–Crippen LogP) is -0.467. The van der Waals surface area contributed by atoms with Crippen molar-refractivity contribution in [3.8, 4) is 0 Å². The average Bonchev–Trinajstić information content (AvgIpc) is 2.49. The van der Waals surface area contributed by atoms with Crippen LogP contribution in [0.15, 0.2) is 0 Å². The Hall–Kier alpha value is -2.09. The van der Waals surface area contributed by atoms with Crippen molar-refractivity contribution in [3.63, 3.8) is 0 Å². The van der Waals surface area contributed by atoms with Gasteiger partial charge in [-0.25, -0.2) is 0 Å². The first-order chi connectivity index (χ1) is 11.9. The van der Waals surface area contributed by atoms with Crippen LogP contribution >= 0.6 is 0 Å². The summed E-state index contributed by atoms with van der Waals surface area (Å²) in [6.07, 6.45) is 0.309. The lowest BCUT2D eigenvalue weighted by Gasteiger charge is -2.27. The third-order valence-corrected chi connectivity index (χ3v) is 3.63. The van der Waals surface area contributed by atoms with E-state index in [4.69, 9.17) is 0 Å². The van der Waals surface area contributed by atoms with Gasteiger partial charge in [-0.3, -0.25) is 19.2 Å². The van der Waals surface area contributed by atoms with Crippen molar-refractivity contribution in [2.24, 2.45) is 5.92 Å². The monoisotopic (exact) mass is 369 g/mol. The van der Waals surface area contributed by atoms with Gasteiger partial charge in [0.2, 0.25) is 5.78 Å². The van der Waals surface area contributed by atoms with Crippen molar-refractivity contribution >= 4 is 29.2 Å². The molecule has 0 aromatic rings. The van der Waals surface area contributed by atoms with E-state index in [1.807, 2.05) is 27.7 Å². The van der Waals surface area contributed by atoms with Crippen LogP contribution in [0.2, 0.25) is 0 Å². The third kappa shape index (κ3) is 10.0. The van der Waals surface area contributed by atoms with E-state index in [0.717, 1.165) is 0 Å². The maximum Gasteiger partial charge on any atom is 0.289 e. The topological polar surface area (TPSA) is 132 Å². The Bertz CT molecular complexity index is 550. The summed E-state index contributed by atoms with van der Waals surface area (Å²) in [5.41, 5.74) is -0.356. The largest absolute Gasteiger partial charge is 0.550 e. The van der Waals surface area contributed by atoms with E-state index in [9.17, 15) is 29.1 Å². The highest BCUT2D eigenvalue weighted by Crippen LogP contribution is 2.10. The number of carbonyl (C=O) groups excluding carboxylic acids is 5. The summed E-state index contributed by atoms with van der Waals surface area (Å²) in [5.74, 6) is -4.92. The van der Waals surface area contributed by atoms with Crippen molar-refractivity contribution in [1.29, 1.82) is 0 Å². The van der Waals surface area contributed by atoms with Gasteiger partial charge in [-0.15, -0.1) is 0 Å². The SMILES string of the molecule is CCCC(NC(C)(C)C)C(=O)C(=O)NCC(=O)CC(CC(=O)[O-])C(C)=O. The van der Waals surface area contributed by atoms with E-state index in [2.05, 4.69) is 10.6 Å². The molecule has 0 saturated carbocycles. The maximum atomic E-state index is 12.3. The van der Waals surface area contributed by atoms with Crippen LogP contribution in [0, 0.1) is 5.92 Å². The Morgan fingerprint density at radius 1 is 1.04 bits per heavy atom. The van der Waals surface area contributed by atoms with Crippen molar-refractivity contribution in [2.45, 2.75) is 71.9 Å². The smallest absolute Gasteiger partial charge is 0.289 e. The number of carbonyl (C=O) groups is 5. The van der Waals surface area contributed by atoms with Gasteiger partial charge in [0.25, 0.3) is 5.91 Å². The molecule has 0 aliphatic heterocycles. The molecule has 8 heteroatoms. The fraction of sp³-hybridized carbons (Fsp3) is 0.722. The summed E-state index contributed by atoms with van der Waals surface area (Å²) in [4.78, 5) is 58.1. The average molecular weight is 369 g/mol. The zero-order chi connectivity index (χ0) is 20.5. The van der Waals surface area contributed by atoms with Gasteiger partial charge >= 0.3 is 0 Å². The Morgan fingerprint density at radius 3 is 2.04 bits per heavy atom. The molecule has 2 atom stereocenters. The van der Waals surface area contributed by atoms with Crippen LogP contribution in [0.5, 0.6) is 0 Å². The zero-order valence-electron chi connectivity index (χ0n) is 16.1. The number of nitrogens with one attached hydrogen (secondary N) is 2. The Morgan fingerprint density at radius 2 is 1.62 bits per heavy atom. The second-order valence-corrected chi connectivity index (χ2v) is 7.41. The normalized spacial score (nSPS) is 13.6. The fourth-order valence-corrected chi connectivity index (χ4v) is 2.41. The molecule has 0 aliphatic rings. The number of rotatable bonds is 12. The lowest BCUT2D eigenvalue weighted by Crippen LogP contribution is -2.52.